The molecule has 2 N–H and O–H groups in total. The number of fused-ring (bicyclic) bond motifs is 1. The summed E-state index contributed by atoms with van der Waals surface area (Å²) in [5.41, 5.74) is 1.54. The van der Waals surface area contributed by atoms with Crippen molar-refractivity contribution < 1.29 is 24.2 Å². The highest BCUT2D eigenvalue weighted by Gasteiger charge is 2.16. The smallest absolute Gasteiger partial charge is 0.336 e. The van der Waals surface area contributed by atoms with E-state index in [2.05, 4.69) is 5.32 Å². The van der Waals surface area contributed by atoms with Gasteiger partial charge in [-0.3, -0.25) is 4.79 Å². The second-order valence-electron chi connectivity index (χ2n) is 5.10. The van der Waals surface area contributed by atoms with E-state index >= 15 is 0 Å². The summed E-state index contributed by atoms with van der Waals surface area (Å²) in [6.45, 7) is 2.58. The predicted molar refractivity (Wildman–Crippen MR) is 83.5 cm³/mol. The molecule has 0 saturated heterocycles. The highest BCUT2D eigenvalue weighted by atomic mass is 16.6. The first-order valence-electron chi connectivity index (χ1n) is 7.10. The van der Waals surface area contributed by atoms with E-state index in [4.69, 9.17) is 14.6 Å². The molecule has 0 unspecified atom stereocenters. The minimum absolute atomic E-state index is 0.157. The lowest BCUT2D eigenvalue weighted by molar-refractivity contribution is 0.0695. The number of benzene rings is 2. The number of hydrogen-bond acceptors (Lipinski definition) is 4. The van der Waals surface area contributed by atoms with Crippen molar-refractivity contribution in [2.75, 3.05) is 18.5 Å². The predicted octanol–water partition coefficient (Wildman–Crippen LogP) is 2.72. The molecule has 0 aliphatic carbocycles. The number of aromatic carboxylic acids is 1. The zero-order valence-electron chi connectivity index (χ0n) is 12.5. The molecule has 2 aromatic carbocycles. The highest BCUT2D eigenvalue weighted by Crippen LogP contribution is 2.31. The Morgan fingerprint density at radius 3 is 2.57 bits per heavy atom. The van der Waals surface area contributed by atoms with Crippen LogP contribution >= 0.6 is 0 Å². The van der Waals surface area contributed by atoms with Crippen LogP contribution in [0.2, 0.25) is 0 Å². The fraction of sp³-hybridized carbons (Fsp3) is 0.176. The summed E-state index contributed by atoms with van der Waals surface area (Å²) in [6, 6.07) is 9.69. The normalized spacial score (nSPS) is 12.6. The van der Waals surface area contributed by atoms with Crippen LogP contribution in [0.1, 0.15) is 26.3 Å². The minimum atomic E-state index is -1.03. The van der Waals surface area contributed by atoms with Crippen molar-refractivity contribution in [1.82, 2.24) is 0 Å². The fourth-order valence-corrected chi connectivity index (χ4v) is 2.38. The van der Waals surface area contributed by atoms with Gasteiger partial charge in [-0.25, -0.2) is 4.79 Å². The van der Waals surface area contributed by atoms with Crippen LogP contribution in [0.25, 0.3) is 0 Å². The molecular formula is C17H15NO5. The third-order valence-electron chi connectivity index (χ3n) is 3.62. The summed E-state index contributed by atoms with van der Waals surface area (Å²) in [6.07, 6.45) is 0. The first-order valence-corrected chi connectivity index (χ1v) is 7.10. The minimum Gasteiger partial charge on any atom is -0.486 e. The average molecular weight is 313 g/mol. The maximum Gasteiger partial charge on any atom is 0.336 e. The van der Waals surface area contributed by atoms with Crippen LogP contribution in [0.3, 0.4) is 0 Å². The molecule has 2 aromatic rings. The fourth-order valence-electron chi connectivity index (χ4n) is 2.38. The van der Waals surface area contributed by atoms with Crippen molar-refractivity contribution >= 4 is 17.6 Å². The average Bonchev–Trinajstić information content (AvgIpc) is 2.56. The van der Waals surface area contributed by atoms with Crippen molar-refractivity contribution in [1.29, 1.82) is 0 Å². The summed E-state index contributed by atoms with van der Waals surface area (Å²) in [7, 11) is 0. The van der Waals surface area contributed by atoms with E-state index in [0.717, 1.165) is 0 Å². The van der Waals surface area contributed by atoms with Gasteiger partial charge in [0.25, 0.3) is 5.91 Å². The Bertz CT molecular complexity index is 785. The van der Waals surface area contributed by atoms with Gasteiger partial charge in [-0.05, 0) is 42.8 Å². The van der Waals surface area contributed by atoms with Gasteiger partial charge in [0.15, 0.2) is 11.5 Å². The largest absolute Gasteiger partial charge is 0.486 e. The molecule has 1 amide bonds. The van der Waals surface area contributed by atoms with Gasteiger partial charge < -0.3 is 19.9 Å². The molecule has 6 nitrogen and oxygen atoms in total. The molecule has 0 aromatic heterocycles. The molecule has 23 heavy (non-hydrogen) atoms. The molecule has 0 fully saturated rings. The summed E-state index contributed by atoms with van der Waals surface area (Å²) in [4.78, 5) is 23.5. The van der Waals surface area contributed by atoms with Gasteiger partial charge in [-0.2, -0.15) is 0 Å². The molecule has 3 rings (SSSR count). The maximum absolute atomic E-state index is 12.4. The van der Waals surface area contributed by atoms with Gasteiger partial charge in [0, 0.05) is 11.3 Å². The maximum atomic E-state index is 12.4. The van der Waals surface area contributed by atoms with Crippen LogP contribution in [-0.4, -0.2) is 30.2 Å². The standard InChI is InChI=1S/C17H15NO5/c1-10-12(17(20)21)3-2-4-13(10)18-16(19)11-5-6-14-15(9-11)23-8-7-22-14/h2-6,9H,7-8H2,1H3,(H,18,19)(H,20,21). The lowest BCUT2D eigenvalue weighted by atomic mass is 10.1. The molecule has 6 heteroatoms. The summed E-state index contributed by atoms with van der Waals surface area (Å²) in [5.74, 6) is -0.234. The monoisotopic (exact) mass is 313 g/mol. The summed E-state index contributed by atoms with van der Waals surface area (Å²) in [5, 5.41) is 11.9. The zero-order chi connectivity index (χ0) is 16.4. The molecule has 118 valence electrons. The number of carbonyl (C=O) groups excluding carboxylic acids is 1. The number of rotatable bonds is 3. The van der Waals surface area contributed by atoms with Crippen molar-refractivity contribution in [2.24, 2.45) is 0 Å². The van der Waals surface area contributed by atoms with E-state index in [1.54, 1.807) is 37.3 Å². The van der Waals surface area contributed by atoms with E-state index in [9.17, 15) is 9.59 Å². The van der Waals surface area contributed by atoms with Crippen LogP contribution in [0.15, 0.2) is 36.4 Å². The van der Waals surface area contributed by atoms with Crippen LogP contribution in [-0.2, 0) is 0 Å². The van der Waals surface area contributed by atoms with Crippen LogP contribution in [0, 0.1) is 6.92 Å². The first-order chi connectivity index (χ1) is 11.1. The second-order valence-corrected chi connectivity index (χ2v) is 5.10. The van der Waals surface area contributed by atoms with Crippen molar-refractivity contribution in [3.8, 4) is 11.5 Å². The van der Waals surface area contributed by atoms with Gasteiger partial charge in [0.05, 0.1) is 5.56 Å². The Morgan fingerprint density at radius 2 is 1.83 bits per heavy atom. The molecule has 1 aliphatic rings. The van der Waals surface area contributed by atoms with Crippen LogP contribution in [0.5, 0.6) is 11.5 Å². The van der Waals surface area contributed by atoms with Crippen molar-refractivity contribution in [3.05, 3.63) is 53.1 Å². The molecule has 0 spiro atoms. The number of hydrogen-bond donors (Lipinski definition) is 2. The van der Waals surface area contributed by atoms with Crippen LogP contribution in [0.4, 0.5) is 5.69 Å². The quantitative estimate of drug-likeness (QED) is 0.910. The van der Waals surface area contributed by atoms with Gasteiger partial charge in [0.1, 0.15) is 13.2 Å². The Labute approximate surface area is 132 Å². The van der Waals surface area contributed by atoms with E-state index in [1.165, 1.54) is 6.07 Å². The van der Waals surface area contributed by atoms with Crippen molar-refractivity contribution in [2.45, 2.75) is 6.92 Å². The number of carboxylic acid groups (broad SMARTS) is 1. The third-order valence-corrected chi connectivity index (χ3v) is 3.62. The molecular weight excluding hydrogens is 298 g/mol. The molecule has 0 saturated carbocycles. The number of nitrogens with one attached hydrogen (secondary N) is 1. The van der Waals surface area contributed by atoms with E-state index in [-0.39, 0.29) is 11.5 Å². The summed E-state index contributed by atoms with van der Waals surface area (Å²) >= 11 is 0. The molecule has 0 atom stereocenters. The van der Waals surface area contributed by atoms with E-state index in [0.29, 0.717) is 41.5 Å². The topological polar surface area (TPSA) is 84.9 Å². The Hall–Kier alpha value is -3.02. The zero-order valence-corrected chi connectivity index (χ0v) is 12.5. The number of carbonyl (C=O) groups is 2. The molecule has 0 radical (unpaired) electrons. The molecule has 1 heterocycles. The van der Waals surface area contributed by atoms with Gasteiger partial charge in [-0.15, -0.1) is 0 Å². The highest BCUT2D eigenvalue weighted by molar-refractivity contribution is 6.05. The Kier molecular flexibility index (Phi) is 3.89. The Morgan fingerprint density at radius 1 is 1.09 bits per heavy atom. The number of amides is 1. The second kappa shape index (κ2) is 6.00. The van der Waals surface area contributed by atoms with Gasteiger partial charge >= 0.3 is 5.97 Å². The van der Waals surface area contributed by atoms with E-state index < -0.39 is 5.97 Å². The Balaban J connectivity index is 1.85. The van der Waals surface area contributed by atoms with Crippen LogP contribution < -0.4 is 14.8 Å². The third kappa shape index (κ3) is 2.96. The SMILES string of the molecule is Cc1c(NC(=O)c2ccc3c(c2)OCCO3)cccc1C(=O)O. The number of carboxylic acids is 1. The van der Waals surface area contributed by atoms with E-state index in [1.807, 2.05) is 0 Å². The molecule has 1 aliphatic heterocycles. The number of ether oxygens (including phenoxy) is 2. The lowest BCUT2D eigenvalue weighted by Gasteiger charge is -2.18. The number of anilines is 1. The van der Waals surface area contributed by atoms with Gasteiger partial charge in [0.2, 0.25) is 0 Å². The van der Waals surface area contributed by atoms with Crippen molar-refractivity contribution in [3.63, 3.8) is 0 Å². The summed E-state index contributed by atoms with van der Waals surface area (Å²) < 4.78 is 10.9. The lowest BCUT2D eigenvalue weighted by Crippen LogP contribution is -2.17. The molecule has 0 bridgehead atoms. The first kappa shape index (κ1) is 14.9. The van der Waals surface area contributed by atoms with Gasteiger partial charge in [-0.1, -0.05) is 6.07 Å².